The Morgan fingerprint density at radius 2 is 1.78 bits per heavy atom. The van der Waals surface area contributed by atoms with Gasteiger partial charge in [0.05, 0.1) is 25.3 Å². The van der Waals surface area contributed by atoms with Crippen molar-refractivity contribution in [3.8, 4) is 16.9 Å². The van der Waals surface area contributed by atoms with Crippen molar-refractivity contribution in [2.24, 2.45) is 0 Å². The molecular formula is C18H15NO4. The molecule has 0 bridgehead atoms. The number of carbonyl (C=O) groups is 1. The van der Waals surface area contributed by atoms with E-state index in [1.165, 1.54) is 11.5 Å². The number of aromatic nitrogens is 1. The van der Waals surface area contributed by atoms with Crippen LogP contribution in [0.3, 0.4) is 0 Å². The summed E-state index contributed by atoms with van der Waals surface area (Å²) in [5, 5.41) is 0. The quantitative estimate of drug-likeness (QED) is 0.698. The maximum Gasteiger partial charge on any atom is 0.340 e. The summed E-state index contributed by atoms with van der Waals surface area (Å²) in [6.45, 7) is 0. The molecule has 3 aromatic rings. The number of esters is 1. The van der Waals surface area contributed by atoms with Gasteiger partial charge < -0.3 is 9.47 Å². The van der Waals surface area contributed by atoms with E-state index in [1.54, 1.807) is 61.8 Å². The topological polar surface area (TPSA) is 57.0 Å². The smallest absolute Gasteiger partial charge is 0.340 e. The average Bonchev–Trinajstić information content (AvgIpc) is 2.62. The second-order valence-electron chi connectivity index (χ2n) is 4.95. The molecule has 0 fully saturated rings. The molecule has 0 aliphatic carbocycles. The van der Waals surface area contributed by atoms with Gasteiger partial charge in [0, 0.05) is 11.8 Å². The maximum atomic E-state index is 12.7. The van der Waals surface area contributed by atoms with E-state index in [9.17, 15) is 9.59 Å². The van der Waals surface area contributed by atoms with Crippen LogP contribution in [0, 0.1) is 0 Å². The van der Waals surface area contributed by atoms with Gasteiger partial charge in [0.2, 0.25) is 0 Å². The molecule has 0 radical (unpaired) electrons. The van der Waals surface area contributed by atoms with Crippen molar-refractivity contribution in [3.05, 3.63) is 70.6 Å². The molecule has 0 saturated heterocycles. The van der Waals surface area contributed by atoms with Crippen molar-refractivity contribution < 1.29 is 14.3 Å². The molecule has 0 atom stereocenters. The van der Waals surface area contributed by atoms with Crippen LogP contribution in [0.5, 0.6) is 5.75 Å². The molecule has 116 valence electrons. The maximum absolute atomic E-state index is 12.7. The number of fused-ring (bicyclic) bond motifs is 1. The van der Waals surface area contributed by atoms with Crippen LogP contribution in [0.15, 0.2) is 59.5 Å². The molecule has 0 aliphatic rings. The van der Waals surface area contributed by atoms with E-state index in [2.05, 4.69) is 0 Å². The van der Waals surface area contributed by atoms with Crippen LogP contribution in [0.4, 0.5) is 0 Å². The number of carbonyl (C=O) groups excluding carboxylic acids is 1. The van der Waals surface area contributed by atoms with Crippen molar-refractivity contribution in [3.63, 3.8) is 0 Å². The minimum Gasteiger partial charge on any atom is -0.497 e. The highest BCUT2D eigenvalue weighted by Gasteiger charge is 2.16. The molecule has 0 aliphatic heterocycles. The summed E-state index contributed by atoms with van der Waals surface area (Å²) in [6.07, 6.45) is 1.64. The van der Waals surface area contributed by atoms with Gasteiger partial charge in [-0.1, -0.05) is 18.2 Å². The minimum atomic E-state index is -0.483. The number of methoxy groups -OCH3 is 2. The summed E-state index contributed by atoms with van der Waals surface area (Å²) in [4.78, 5) is 24.8. The lowest BCUT2D eigenvalue weighted by atomic mass is 10.0. The van der Waals surface area contributed by atoms with E-state index in [-0.39, 0.29) is 5.56 Å². The number of hydrogen-bond acceptors (Lipinski definition) is 4. The fourth-order valence-electron chi connectivity index (χ4n) is 2.50. The first-order chi connectivity index (χ1) is 11.2. The van der Waals surface area contributed by atoms with Gasteiger partial charge in [-0.25, -0.2) is 4.79 Å². The lowest BCUT2D eigenvalue weighted by molar-refractivity contribution is 0.0602. The minimum absolute atomic E-state index is 0.196. The third-order valence-electron chi connectivity index (χ3n) is 3.68. The first kappa shape index (κ1) is 14.8. The van der Waals surface area contributed by atoms with Crippen LogP contribution in [0.1, 0.15) is 10.4 Å². The van der Waals surface area contributed by atoms with E-state index >= 15 is 0 Å². The first-order valence-electron chi connectivity index (χ1n) is 7.03. The van der Waals surface area contributed by atoms with Crippen molar-refractivity contribution in [1.29, 1.82) is 0 Å². The van der Waals surface area contributed by atoms with Crippen LogP contribution in [0.2, 0.25) is 0 Å². The van der Waals surface area contributed by atoms with Gasteiger partial charge in [0.15, 0.2) is 0 Å². The lowest BCUT2D eigenvalue weighted by Gasteiger charge is -2.10. The van der Waals surface area contributed by atoms with Gasteiger partial charge in [0.1, 0.15) is 5.75 Å². The molecule has 0 N–H and O–H groups in total. The van der Waals surface area contributed by atoms with Crippen LogP contribution in [-0.4, -0.2) is 24.6 Å². The lowest BCUT2D eigenvalue weighted by Crippen LogP contribution is -2.19. The predicted octanol–water partition coefficient (Wildman–Crippen LogP) is 2.76. The number of nitrogens with zero attached hydrogens (tertiary/aromatic N) is 1. The number of ether oxygens (including phenoxy) is 2. The highest BCUT2D eigenvalue weighted by molar-refractivity contribution is 5.98. The molecule has 2 heterocycles. The summed E-state index contributed by atoms with van der Waals surface area (Å²) in [6, 6.07) is 13.9. The van der Waals surface area contributed by atoms with E-state index < -0.39 is 5.97 Å². The number of pyridine rings is 2. The number of rotatable bonds is 3. The first-order valence-corrected chi connectivity index (χ1v) is 7.03. The molecule has 3 rings (SSSR count). The summed E-state index contributed by atoms with van der Waals surface area (Å²) in [5.41, 5.74) is 1.80. The molecule has 1 aromatic carbocycles. The Hall–Kier alpha value is -3.08. The molecule has 0 spiro atoms. The molecule has 0 amide bonds. The van der Waals surface area contributed by atoms with Gasteiger partial charge in [0.25, 0.3) is 5.56 Å². The van der Waals surface area contributed by atoms with Crippen LogP contribution >= 0.6 is 0 Å². The van der Waals surface area contributed by atoms with Crippen molar-refractivity contribution in [2.45, 2.75) is 0 Å². The number of hydrogen-bond donors (Lipinski definition) is 0. The molecule has 0 unspecified atom stereocenters. The van der Waals surface area contributed by atoms with E-state index in [1.807, 2.05) is 0 Å². The average molecular weight is 309 g/mol. The van der Waals surface area contributed by atoms with Crippen molar-refractivity contribution in [1.82, 2.24) is 4.40 Å². The summed E-state index contributed by atoms with van der Waals surface area (Å²) < 4.78 is 11.4. The van der Waals surface area contributed by atoms with Crippen LogP contribution in [0.25, 0.3) is 16.6 Å². The zero-order valence-corrected chi connectivity index (χ0v) is 12.8. The van der Waals surface area contributed by atoms with Crippen molar-refractivity contribution in [2.75, 3.05) is 14.2 Å². The monoisotopic (exact) mass is 309 g/mol. The van der Waals surface area contributed by atoms with Gasteiger partial charge in [-0.2, -0.15) is 0 Å². The highest BCUT2D eigenvalue weighted by atomic mass is 16.5. The van der Waals surface area contributed by atoms with Crippen molar-refractivity contribution >= 4 is 11.5 Å². The zero-order chi connectivity index (χ0) is 16.4. The van der Waals surface area contributed by atoms with Crippen LogP contribution < -0.4 is 10.3 Å². The van der Waals surface area contributed by atoms with Gasteiger partial charge >= 0.3 is 5.97 Å². The molecule has 5 nitrogen and oxygen atoms in total. The number of benzene rings is 1. The van der Waals surface area contributed by atoms with E-state index in [0.717, 1.165) is 0 Å². The third-order valence-corrected chi connectivity index (χ3v) is 3.68. The second-order valence-corrected chi connectivity index (χ2v) is 4.95. The van der Waals surface area contributed by atoms with Gasteiger partial charge in [-0.3, -0.25) is 9.20 Å². The molecule has 2 aromatic heterocycles. The van der Waals surface area contributed by atoms with E-state index in [4.69, 9.17) is 9.47 Å². The Morgan fingerprint density at radius 3 is 2.43 bits per heavy atom. The summed E-state index contributed by atoms with van der Waals surface area (Å²) >= 11 is 0. The van der Waals surface area contributed by atoms with E-state index in [0.29, 0.717) is 28.0 Å². The Kier molecular flexibility index (Phi) is 3.85. The fraction of sp³-hybridized carbons (Fsp3) is 0.111. The Labute approximate surface area is 132 Å². The van der Waals surface area contributed by atoms with Gasteiger partial charge in [-0.15, -0.1) is 0 Å². The molecule has 23 heavy (non-hydrogen) atoms. The predicted molar refractivity (Wildman–Crippen MR) is 87.0 cm³/mol. The Bertz CT molecular complexity index is 926. The van der Waals surface area contributed by atoms with Crippen LogP contribution in [-0.2, 0) is 4.74 Å². The molecular weight excluding hydrogens is 294 g/mol. The fourth-order valence-corrected chi connectivity index (χ4v) is 2.50. The highest BCUT2D eigenvalue weighted by Crippen LogP contribution is 2.22. The summed E-state index contributed by atoms with van der Waals surface area (Å²) in [7, 11) is 2.90. The molecule has 5 heteroatoms. The Morgan fingerprint density at radius 1 is 1.04 bits per heavy atom. The SMILES string of the molecule is COC(=O)c1cc(-c2ccc(OC)cc2)c(=O)n2ccccc12. The molecule has 0 saturated carbocycles. The largest absolute Gasteiger partial charge is 0.497 e. The van der Waals surface area contributed by atoms with Gasteiger partial charge in [-0.05, 0) is 35.9 Å². The second kappa shape index (κ2) is 5.96. The standard InChI is InChI=1S/C18H15NO4/c1-22-13-8-6-12(7-9-13)14-11-15(18(21)23-2)16-5-3-4-10-19(16)17(14)20/h3-11H,1-2H3. The third kappa shape index (κ3) is 2.57. The zero-order valence-electron chi connectivity index (χ0n) is 12.8. The summed E-state index contributed by atoms with van der Waals surface area (Å²) in [5.74, 6) is 0.214. The Balaban J connectivity index is 2.30. The normalized spacial score (nSPS) is 10.5.